The number of nitrogens with zero attached hydrogens (tertiary/aromatic N) is 1. The first-order valence-corrected chi connectivity index (χ1v) is 5.24. The number of hydrogen-bond donors (Lipinski definition) is 1. The third-order valence-electron chi connectivity index (χ3n) is 2.34. The standard InChI is InChI=1S/C11H15F3N2O/c1-17-6-2-3-9-8(7-15)4-5-10(16-9)11(12,13)14/h4-5H,2-3,6-7,15H2,1H3. The zero-order valence-electron chi connectivity index (χ0n) is 9.55. The van der Waals surface area contributed by atoms with Crippen molar-refractivity contribution in [3.63, 3.8) is 0 Å². The minimum absolute atomic E-state index is 0.188. The average Bonchev–Trinajstić information content (AvgIpc) is 2.28. The molecule has 0 saturated heterocycles. The second-order valence-corrected chi connectivity index (χ2v) is 3.60. The van der Waals surface area contributed by atoms with Crippen LogP contribution in [0.3, 0.4) is 0 Å². The summed E-state index contributed by atoms with van der Waals surface area (Å²) in [7, 11) is 1.55. The molecule has 6 heteroatoms. The van der Waals surface area contributed by atoms with Crippen molar-refractivity contribution in [1.29, 1.82) is 0 Å². The maximum atomic E-state index is 12.5. The van der Waals surface area contributed by atoms with Gasteiger partial charge in [-0.25, -0.2) is 4.98 Å². The van der Waals surface area contributed by atoms with E-state index in [1.165, 1.54) is 6.07 Å². The minimum atomic E-state index is -4.41. The van der Waals surface area contributed by atoms with Crippen LogP contribution in [-0.4, -0.2) is 18.7 Å². The second kappa shape index (κ2) is 5.97. The number of methoxy groups -OCH3 is 1. The molecular weight excluding hydrogens is 233 g/mol. The van der Waals surface area contributed by atoms with E-state index in [9.17, 15) is 13.2 Å². The lowest BCUT2D eigenvalue weighted by Crippen LogP contribution is -2.13. The molecule has 0 saturated carbocycles. The summed E-state index contributed by atoms with van der Waals surface area (Å²) in [4.78, 5) is 3.63. The van der Waals surface area contributed by atoms with Crippen LogP contribution in [0.1, 0.15) is 23.4 Å². The summed E-state index contributed by atoms with van der Waals surface area (Å²) in [6.45, 7) is 0.676. The molecule has 0 unspecified atom stereocenters. The number of pyridine rings is 1. The van der Waals surface area contributed by atoms with Crippen LogP contribution in [0.5, 0.6) is 0 Å². The molecule has 0 fully saturated rings. The monoisotopic (exact) mass is 248 g/mol. The summed E-state index contributed by atoms with van der Waals surface area (Å²) in [5, 5.41) is 0. The predicted molar refractivity (Wildman–Crippen MR) is 57.3 cm³/mol. The number of ether oxygens (including phenoxy) is 1. The van der Waals surface area contributed by atoms with E-state index < -0.39 is 11.9 Å². The van der Waals surface area contributed by atoms with E-state index in [0.717, 1.165) is 6.07 Å². The van der Waals surface area contributed by atoms with Crippen LogP contribution in [0, 0.1) is 0 Å². The van der Waals surface area contributed by atoms with Gasteiger partial charge in [0, 0.05) is 26.0 Å². The minimum Gasteiger partial charge on any atom is -0.385 e. The molecule has 2 N–H and O–H groups in total. The number of aromatic nitrogens is 1. The molecule has 0 atom stereocenters. The Morgan fingerprint density at radius 1 is 1.35 bits per heavy atom. The molecule has 0 radical (unpaired) electrons. The van der Waals surface area contributed by atoms with Crippen molar-refractivity contribution in [3.05, 3.63) is 29.1 Å². The molecule has 0 bridgehead atoms. The largest absolute Gasteiger partial charge is 0.433 e. The highest BCUT2D eigenvalue weighted by atomic mass is 19.4. The summed E-state index contributed by atoms with van der Waals surface area (Å²) in [5.41, 5.74) is 5.64. The summed E-state index contributed by atoms with van der Waals surface area (Å²) in [5.74, 6) is 0. The number of nitrogens with two attached hydrogens (primary N) is 1. The number of aryl methyl sites for hydroxylation is 1. The molecule has 96 valence electrons. The van der Waals surface area contributed by atoms with Gasteiger partial charge in [-0.05, 0) is 24.5 Å². The fraction of sp³-hybridized carbons (Fsp3) is 0.545. The van der Waals surface area contributed by atoms with Crippen molar-refractivity contribution < 1.29 is 17.9 Å². The van der Waals surface area contributed by atoms with E-state index in [-0.39, 0.29) is 6.54 Å². The van der Waals surface area contributed by atoms with Gasteiger partial charge in [-0.1, -0.05) is 6.07 Å². The lowest BCUT2D eigenvalue weighted by Gasteiger charge is -2.11. The lowest BCUT2D eigenvalue weighted by molar-refractivity contribution is -0.141. The van der Waals surface area contributed by atoms with E-state index in [2.05, 4.69) is 4.98 Å². The van der Waals surface area contributed by atoms with Crippen LogP contribution < -0.4 is 5.73 Å². The van der Waals surface area contributed by atoms with Crippen molar-refractivity contribution in [3.8, 4) is 0 Å². The molecule has 0 spiro atoms. The predicted octanol–water partition coefficient (Wildman–Crippen LogP) is 2.14. The highest BCUT2D eigenvalue weighted by Crippen LogP contribution is 2.28. The van der Waals surface area contributed by atoms with Crippen molar-refractivity contribution in [1.82, 2.24) is 4.98 Å². The van der Waals surface area contributed by atoms with Gasteiger partial charge in [0.05, 0.1) is 0 Å². The highest BCUT2D eigenvalue weighted by molar-refractivity contribution is 5.24. The summed E-state index contributed by atoms with van der Waals surface area (Å²) >= 11 is 0. The fourth-order valence-corrected chi connectivity index (χ4v) is 1.47. The van der Waals surface area contributed by atoms with Gasteiger partial charge in [0.15, 0.2) is 0 Å². The quantitative estimate of drug-likeness (QED) is 0.812. The Hall–Kier alpha value is -1.14. The molecule has 0 aliphatic carbocycles. The SMILES string of the molecule is COCCCc1nc(C(F)(F)F)ccc1CN. The first-order valence-electron chi connectivity index (χ1n) is 5.24. The van der Waals surface area contributed by atoms with Crippen LogP contribution in [0.15, 0.2) is 12.1 Å². The Morgan fingerprint density at radius 2 is 2.06 bits per heavy atom. The molecule has 0 amide bonds. The Bertz CT molecular complexity index is 366. The maximum Gasteiger partial charge on any atom is 0.433 e. The van der Waals surface area contributed by atoms with E-state index in [0.29, 0.717) is 30.7 Å². The van der Waals surface area contributed by atoms with E-state index in [4.69, 9.17) is 10.5 Å². The molecule has 17 heavy (non-hydrogen) atoms. The molecule has 3 nitrogen and oxygen atoms in total. The average molecular weight is 248 g/mol. The first-order chi connectivity index (χ1) is 7.99. The van der Waals surface area contributed by atoms with Crippen LogP contribution in [0.2, 0.25) is 0 Å². The van der Waals surface area contributed by atoms with Gasteiger partial charge in [0.25, 0.3) is 0 Å². The third kappa shape index (κ3) is 3.98. The first kappa shape index (κ1) is 13.9. The summed E-state index contributed by atoms with van der Waals surface area (Å²) < 4.78 is 42.3. The molecule has 1 aromatic heterocycles. The molecule has 1 heterocycles. The maximum absolute atomic E-state index is 12.5. The van der Waals surface area contributed by atoms with Crippen LogP contribution >= 0.6 is 0 Å². The van der Waals surface area contributed by atoms with E-state index in [1.807, 2.05) is 0 Å². The Balaban J connectivity index is 2.90. The van der Waals surface area contributed by atoms with E-state index in [1.54, 1.807) is 7.11 Å². The molecule has 0 aliphatic heterocycles. The van der Waals surface area contributed by atoms with Crippen LogP contribution in [0.4, 0.5) is 13.2 Å². The van der Waals surface area contributed by atoms with Gasteiger partial charge < -0.3 is 10.5 Å². The van der Waals surface area contributed by atoms with Crippen molar-refractivity contribution in [2.24, 2.45) is 5.73 Å². The molecule has 0 aromatic carbocycles. The highest BCUT2D eigenvalue weighted by Gasteiger charge is 2.32. The van der Waals surface area contributed by atoms with Gasteiger partial charge in [0.2, 0.25) is 0 Å². The van der Waals surface area contributed by atoms with Crippen molar-refractivity contribution in [2.75, 3.05) is 13.7 Å². The zero-order valence-corrected chi connectivity index (χ0v) is 9.55. The van der Waals surface area contributed by atoms with Crippen molar-refractivity contribution >= 4 is 0 Å². The number of alkyl halides is 3. The fourth-order valence-electron chi connectivity index (χ4n) is 1.47. The van der Waals surface area contributed by atoms with Crippen LogP contribution in [0.25, 0.3) is 0 Å². The summed E-state index contributed by atoms with van der Waals surface area (Å²) in [6.07, 6.45) is -3.36. The van der Waals surface area contributed by atoms with Gasteiger partial charge in [0.1, 0.15) is 5.69 Å². The smallest absolute Gasteiger partial charge is 0.385 e. The Morgan fingerprint density at radius 3 is 2.59 bits per heavy atom. The normalized spacial score (nSPS) is 11.8. The molecule has 1 aromatic rings. The van der Waals surface area contributed by atoms with Gasteiger partial charge in [-0.3, -0.25) is 0 Å². The van der Waals surface area contributed by atoms with Crippen molar-refractivity contribution in [2.45, 2.75) is 25.6 Å². The molecule has 1 rings (SSSR count). The number of rotatable bonds is 5. The zero-order chi connectivity index (χ0) is 12.9. The second-order valence-electron chi connectivity index (χ2n) is 3.60. The third-order valence-corrected chi connectivity index (χ3v) is 2.34. The number of halogens is 3. The molecule has 0 aliphatic rings. The van der Waals surface area contributed by atoms with Gasteiger partial charge in [-0.15, -0.1) is 0 Å². The Kier molecular flexibility index (Phi) is 4.89. The summed E-state index contributed by atoms with van der Waals surface area (Å²) in [6, 6.07) is 2.35. The lowest BCUT2D eigenvalue weighted by atomic mass is 10.1. The van der Waals surface area contributed by atoms with Gasteiger partial charge >= 0.3 is 6.18 Å². The van der Waals surface area contributed by atoms with E-state index >= 15 is 0 Å². The number of hydrogen-bond acceptors (Lipinski definition) is 3. The Labute approximate surface area is 97.8 Å². The van der Waals surface area contributed by atoms with Crippen LogP contribution in [-0.2, 0) is 23.9 Å². The topological polar surface area (TPSA) is 48.1 Å². The van der Waals surface area contributed by atoms with Gasteiger partial charge in [-0.2, -0.15) is 13.2 Å². The molecular formula is C11H15F3N2O.